The molecule has 2 aromatic carbocycles. The molecule has 4 heteroatoms. The lowest BCUT2D eigenvalue weighted by molar-refractivity contribution is 0.101. The summed E-state index contributed by atoms with van der Waals surface area (Å²) >= 11 is 0. The lowest BCUT2D eigenvalue weighted by Gasteiger charge is -2.31. The van der Waals surface area contributed by atoms with Crippen molar-refractivity contribution < 1.29 is 14.3 Å². The Labute approximate surface area is 144 Å². The van der Waals surface area contributed by atoms with Gasteiger partial charge in [-0.1, -0.05) is 46.2 Å². The van der Waals surface area contributed by atoms with E-state index in [1.54, 1.807) is 6.07 Å². The third kappa shape index (κ3) is 3.67. The fourth-order valence-corrected chi connectivity index (χ4v) is 4.59. The van der Waals surface area contributed by atoms with E-state index < -0.39 is 5.82 Å². The van der Waals surface area contributed by atoms with E-state index in [1.165, 1.54) is 19.1 Å². The van der Waals surface area contributed by atoms with Gasteiger partial charge in [0.25, 0.3) is 0 Å². The molecule has 2 atom stereocenters. The number of benzene rings is 2. The van der Waals surface area contributed by atoms with Crippen molar-refractivity contribution >= 4 is 19.7 Å². The van der Waals surface area contributed by atoms with Crippen molar-refractivity contribution in [2.24, 2.45) is 0 Å². The highest BCUT2D eigenvalue weighted by atomic mass is 31.1. The summed E-state index contributed by atoms with van der Waals surface area (Å²) in [6.07, 6.45) is 0.802. The van der Waals surface area contributed by atoms with Gasteiger partial charge < -0.3 is 5.11 Å². The molecule has 24 heavy (non-hydrogen) atoms. The monoisotopic (exact) mass is 346 g/mol. The topological polar surface area (TPSA) is 37.3 Å². The molecule has 0 spiro atoms. The van der Waals surface area contributed by atoms with Crippen molar-refractivity contribution in [3.8, 4) is 5.75 Å². The van der Waals surface area contributed by atoms with Crippen molar-refractivity contribution in [1.29, 1.82) is 0 Å². The van der Waals surface area contributed by atoms with Gasteiger partial charge in [-0.25, -0.2) is 4.39 Å². The van der Waals surface area contributed by atoms with Crippen LogP contribution in [-0.2, 0) is 5.16 Å². The minimum absolute atomic E-state index is 0.139. The summed E-state index contributed by atoms with van der Waals surface area (Å²) in [6.45, 7) is 9.52. The molecule has 128 valence electrons. The predicted molar refractivity (Wildman–Crippen MR) is 99.6 cm³/mol. The molecule has 2 rings (SSSR count). The number of carbonyl (C=O) groups is 1. The number of hydrogen-bond acceptors (Lipinski definition) is 2. The Bertz CT molecular complexity index is 785. The summed E-state index contributed by atoms with van der Waals surface area (Å²) in [5.74, 6) is -0.231. The van der Waals surface area contributed by atoms with E-state index in [0.29, 0.717) is 11.3 Å². The number of aromatic hydroxyl groups is 1. The zero-order valence-corrected chi connectivity index (χ0v) is 15.8. The molecule has 0 heterocycles. The number of hydrogen-bond donors (Lipinski definition) is 1. The molecule has 0 aliphatic carbocycles. The van der Waals surface area contributed by atoms with Crippen molar-refractivity contribution in [3.05, 3.63) is 58.4 Å². The highest BCUT2D eigenvalue weighted by Crippen LogP contribution is 2.48. The molecule has 0 radical (unpaired) electrons. The van der Waals surface area contributed by atoms with Crippen LogP contribution in [0.15, 0.2) is 30.3 Å². The number of phenols is 1. The number of ketones is 1. The Morgan fingerprint density at radius 2 is 1.92 bits per heavy atom. The summed E-state index contributed by atoms with van der Waals surface area (Å²) in [5, 5.41) is 11.1. The molecule has 0 aromatic heterocycles. The molecule has 2 aromatic rings. The van der Waals surface area contributed by atoms with Crippen molar-refractivity contribution in [2.45, 2.75) is 46.2 Å². The molecule has 2 nitrogen and oxygen atoms in total. The Hall–Kier alpha value is -1.73. The molecule has 0 saturated carbocycles. The molecule has 0 saturated heterocycles. The average molecular weight is 346 g/mol. The molecule has 0 aliphatic rings. The van der Waals surface area contributed by atoms with Gasteiger partial charge in [-0.15, -0.1) is 0 Å². The van der Waals surface area contributed by atoms with Gasteiger partial charge in [-0.3, -0.25) is 4.79 Å². The number of Topliss-reactive ketones (excluding diaryl/α,β-unsaturated/α-hetero) is 1. The Kier molecular flexibility index (Phi) is 5.45. The predicted octanol–water partition coefficient (Wildman–Crippen LogP) is 4.98. The van der Waals surface area contributed by atoms with E-state index in [1.807, 2.05) is 26.0 Å². The van der Waals surface area contributed by atoms with Gasteiger partial charge in [-0.2, -0.15) is 0 Å². The highest BCUT2D eigenvalue weighted by Gasteiger charge is 2.30. The summed E-state index contributed by atoms with van der Waals surface area (Å²) in [5.41, 5.74) is 3.26. The number of carbonyl (C=O) groups excluding carboxylic acids is 1. The zero-order chi connectivity index (χ0) is 18.1. The second-order valence-corrected chi connectivity index (χ2v) is 8.43. The fraction of sp³-hybridized carbons (Fsp3) is 0.350. The van der Waals surface area contributed by atoms with Gasteiger partial charge in [0, 0.05) is 16.3 Å². The van der Waals surface area contributed by atoms with Crippen LogP contribution in [0.2, 0.25) is 0 Å². The van der Waals surface area contributed by atoms with E-state index in [0.717, 1.165) is 28.4 Å². The number of rotatable bonds is 5. The molecule has 0 aliphatic heterocycles. The first-order valence-electron chi connectivity index (χ1n) is 8.07. The molecule has 2 unspecified atom stereocenters. The third-order valence-corrected chi connectivity index (χ3v) is 6.40. The maximum absolute atomic E-state index is 13.5. The first-order chi connectivity index (χ1) is 11.2. The van der Waals surface area contributed by atoms with Crippen LogP contribution >= 0.6 is 8.58 Å². The average Bonchev–Trinajstić information content (AvgIpc) is 2.52. The maximum atomic E-state index is 13.5. The van der Waals surface area contributed by atoms with Gasteiger partial charge in [0.05, 0.1) is 0 Å². The van der Waals surface area contributed by atoms with Gasteiger partial charge in [-0.05, 0) is 50.2 Å². The second kappa shape index (κ2) is 7.03. The van der Waals surface area contributed by atoms with E-state index in [2.05, 4.69) is 13.8 Å². The van der Waals surface area contributed by atoms with Gasteiger partial charge in [0.2, 0.25) is 0 Å². The minimum Gasteiger partial charge on any atom is -0.507 e. The smallest absolute Gasteiger partial charge is 0.160 e. The second-order valence-electron chi connectivity index (χ2n) is 6.53. The maximum Gasteiger partial charge on any atom is 0.160 e. The number of aryl methyl sites for hydroxylation is 2. The Morgan fingerprint density at radius 1 is 1.25 bits per heavy atom. The number of phenolic OH excluding ortho intramolecular Hbond substituents is 1. The summed E-state index contributed by atoms with van der Waals surface area (Å²) in [6, 6.07) is 8.36. The van der Waals surface area contributed by atoms with Crippen molar-refractivity contribution in [3.63, 3.8) is 0 Å². The summed E-state index contributed by atoms with van der Waals surface area (Å²) in [7, 11) is 0.256. The summed E-state index contributed by atoms with van der Waals surface area (Å²) < 4.78 is 13.5. The van der Waals surface area contributed by atoms with Crippen LogP contribution in [0.4, 0.5) is 4.39 Å². The Balaban J connectivity index is 2.55. The summed E-state index contributed by atoms with van der Waals surface area (Å²) in [4.78, 5) is 11.9. The largest absolute Gasteiger partial charge is 0.507 e. The van der Waals surface area contributed by atoms with Gasteiger partial charge in [0.1, 0.15) is 11.6 Å². The first kappa shape index (κ1) is 18.6. The quantitative estimate of drug-likeness (QED) is 0.612. The van der Waals surface area contributed by atoms with Crippen LogP contribution in [-0.4, -0.2) is 10.9 Å². The highest BCUT2D eigenvalue weighted by molar-refractivity contribution is 7.48. The van der Waals surface area contributed by atoms with E-state index in [9.17, 15) is 14.3 Å². The fourth-order valence-electron chi connectivity index (χ4n) is 2.94. The minimum atomic E-state index is -0.402. The van der Waals surface area contributed by atoms with Crippen molar-refractivity contribution in [2.75, 3.05) is 0 Å². The molecular formula is C20H24FO2P. The van der Waals surface area contributed by atoms with Crippen LogP contribution in [0, 0.1) is 19.7 Å². The first-order valence-corrected chi connectivity index (χ1v) is 9.07. The van der Waals surface area contributed by atoms with E-state index >= 15 is 0 Å². The van der Waals surface area contributed by atoms with E-state index in [-0.39, 0.29) is 19.5 Å². The zero-order valence-electron chi connectivity index (χ0n) is 14.8. The number of halogens is 1. The van der Waals surface area contributed by atoms with Crippen LogP contribution in [0.25, 0.3) is 0 Å². The Morgan fingerprint density at radius 3 is 2.50 bits per heavy atom. The molecular weight excluding hydrogens is 322 g/mol. The van der Waals surface area contributed by atoms with E-state index in [4.69, 9.17) is 0 Å². The molecule has 1 N–H and O–H groups in total. The van der Waals surface area contributed by atoms with Crippen molar-refractivity contribution in [1.82, 2.24) is 0 Å². The van der Waals surface area contributed by atoms with Crippen LogP contribution in [0.5, 0.6) is 5.75 Å². The van der Waals surface area contributed by atoms with Gasteiger partial charge in [0.15, 0.2) is 5.78 Å². The molecule has 0 amide bonds. The van der Waals surface area contributed by atoms with Crippen LogP contribution in [0.1, 0.15) is 54.2 Å². The molecule has 0 bridgehead atoms. The van der Waals surface area contributed by atoms with Gasteiger partial charge >= 0.3 is 0 Å². The molecule has 0 fully saturated rings. The standard InChI is InChI=1S/C20H24FO2P/c1-6-20(5,17-10-12(2)9-13(3)19(17)23)24-18-8-7-15(21)11-16(18)14(4)22/h7-11,23-24H,6H2,1-5H3. The SMILES string of the molecule is CCC(C)(Pc1ccc(F)cc1C(C)=O)c1cc(C)cc(C)c1O. The normalized spacial score (nSPS) is 14.1. The lowest BCUT2D eigenvalue weighted by Crippen LogP contribution is -2.21. The third-order valence-electron chi connectivity index (χ3n) is 4.52. The van der Waals surface area contributed by atoms with Crippen LogP contribution < -0.4 is 5.30 Å². The lowest BCUT2D eigenvalue weighted by atomic mass is 9.93. The van der Waals surface area contributed by atoms with Crippen LogP contribution in [0.3, 0.4) is 0 Å².